The Kier molecular flexibility index (Phi) is 4.66. The highest BCUT2D eigenvalue weighted by atomic mass is 35.5. The maximum Gasteiger partial charge on any atom is 0.156 e. The second-order valence-electron chi connectivity index (χ2n) is 3.37. The van der Waals surface area contributed by atoms with Crippen LogP contribution in [-0.4, -0.2) is 22.3 Å². The van der Waals surface area contributed by atoms with Crippen LogP contribution in [0.1, 0.15) is 0 Å². The first kappa shape index (κ1) is 13.0. The number of nitrogens with zero attached hydrogens (tertiary/aromatic N) is 2. The lowest BCUT2D eigenvalue weighted by Gasteiger charge is -2.07. The van der Waals surface area contributed by atoms with Crippen LogP contribution in [0.3, 0.4) is 0 Å². The van der Waals surface area contributed by atoms with Gasteiger partial charge in [-0.15, -0.1) is 0 Å². The molecule has 0 saturated carbocycles. The normalized spacial score (nSPS) is 10.3. The third kappa shape index (κ3) is 3.51. The minimum absolute atomic E-state index is 0.445. The number of ether oxygens (including phenoxy) is 1. The third-order valence-corrected chi connectivity index (χ3v) is 3.38. The molecule has 1 heterocycles. The van der Waals surface area contributed by atoms with E-state index in [1.807, 2.05) is 18.2 Å². The van der Waals surface area contributed by atoms with Gasteiger partial charge in [0.1, 0.15) is 10.8 Å². The third-order valence-electron chi connectivity index (χ3n) is 2.11. The van der Waals surface area contributed by atoms with E-state index in [1.54, 1.807) is 18.5 Å². The minimum Gasteiger partial charge on any atom is -0.491 e. The molecule has 2 aromatic rings. The number of nitrogens with two attached hydrogens (primary N) is 1. The van der Waals surface area contributed by atoms with E-state index in [2.05, 4.69) is 9.97 Å². The van der Waals surface area contributed by atoms with Gasteiger partial charge < -0.3 is 10.5 Å². The average molecular weight is 282 g/mol. The number of nitrogen functional groups attached to an aromatic ring is 1. The lowest BCUT2D eigenvalue weighted by Crippen LogP contribution is -2.02. The molecular weight excluding hydrogens is 270 g/mol. The van der Waals surface area contributed by atoms with Gasteiger partial charge in [-0.25, -0.2) is 9.97 Å². The molecule has 0 radical (unpaired) electrons. The van der Waals surface area contributed by atoms with Crippen LogP contribution in [0.4, 0.5) is 5.82 Å². The highest BCUT2D eigenvalue weighted by molar-refractivity contribution is 7.99. The maximum atomic E-state index is 5.97. The van der Waals surface area contributed by atoms with Crippen LogP contribution in [0.25, 0.3) is 0 Å². The first-order valence-electron chi connectivity index (χ1n) is 5.34. The standard InChI is InChI=1S/C12H12ClN3OS/c13-9-3-1-2-4-10(9)17-7-8-18-12-11(14)15-5-6-16-12/h1-6H,7-8H2,(H2,14,15). The molecule has 18 heavy (non-hydrogen) atoms. The number of hydrogen-bond acceptors (Lipinski definition) is 5. The number of anilines is 1. The summed E-state index contributed by atoms with van der Waals surface area (Å²) in [5.41, 5.74) is 5.68. The number of hydrogen-bond donors (Lipinski definition) is 1. The summed E-state index contributed by atoms with van der Waals surface area (Å²) in [7, 11) is 0. The summed E-state index contributed by atoms with van der Waals surface area (Å²) >= 11 is 7.48. The maximum absolute atomic E-state index is 5.97. The molecule has 0 bridgehead atoms. The van der Waals surface area contributed by atoms with Gasteiger partial charge in [0.2, 0.25) is 0 Å². The summed E-state index contributed by atoms with van der Waals surface area (Å²) in [5, 5.41) is 1.33. The molecule has 0 saturated heterocycles. The van der Waals surface area contributed by atoms with Crippen molar-refractivity contribution in [2.75, 3.05) is 18.1 Å². The summed E-state index contributed by atoms with van der Waals surface area (Å²) in [6.07, 6.45) is 3.19. The Morgan fingerprint density at radius 1 is 1.22 bits per heavy atom. The second kappa shape index (κ2) is 6.47. The van der Waals surface area contributed by atoms with Gasteiger partial charge in [0.25, 0.3) is 0 Å². The smallest absolute Gasteiger partial charge is 0.156 e. The summed E-state index contributed by atoms with van der Waals surface area (Å²) in [5.74, 6) is 1.86. The van der Waals surface area contributed by atoms with E-state index < -0.39 is 0 Å². The first-order chi connectivity index (χ1) is 8.77. The summed E-state index contributed by atoms with van der Waals surface area (Å²) in [6, 6.07) is 7.38. The van der Waals surface area contributed by atoms with Crippen LogP contribution >= 0.6 is 23.4 Å². The van der Waals surface area contributed by atoms with Crippen molar-refractivity contribution in [2.24, 2.45) is 0 Å². The molecule has 0 fully saturated rings. The summed E-state index contributed by atoms with van der Waals surface area (Å²) in [4.78, 5) is 8.10. The first-order valence-corrected chi connectivity index (χ1v) is 6.70. The quantitative estimate of drug-likeness (QED) is 0.674. The van der Waals surface area contributed by atoms with Gasteiger partial charge in [-0.2, -0.15) is 0 Å². The molecule has 0 atom stereocenters. The Balaban J connectivity index is 1.80. The van der Waals surface area contributed by atoms with Crippen molar-refractivity contribution in [2.45, 2.75) is 5.03 Å². The number of aromatic nitrogens is 2. The molecular formula is C12H12ClN3OS. The zero-order chi connectivity index (χ0) is 12.8. The summed E-state index contributed by atoms with van der Waals surface area (Å²) in [6.45, 7) is 0.532. The highest BCUT2D eigenvalue weighted by Crippen LogP contribution is 2.24. The average Bonchev–Trinajstić information content (AvgIpc) is 2.38. The Hall–Kier alpha value is -1.46. The van der Waals surface area contributed by atoms with E-state index in [-0.39, 0.29) is 0 Å². The van der Waals surface area contributed by atoms with Gasteiger partial charge in [-0.05, 0) is 12.1 Å². The molecule has 1 aromatic heterocycles. The van der Waals surface area contributed by atoms with E-state index in [0.717, 1.165) is 10.8 Å². The number of thioether (sulfide) groups is 1. The molecule has 0 aliphatic carbocycles. The van der Waals surface area contributed by atoms with Gasteiger partial charge in [0, 0.05) is 18.1 Å². The Bertz CT molecular complexity index is 477. The molecule has 2 N–H and O–H groups in total. The van der Waals surface area contributed by atoms with Crippen LogP contribution in [-0.2, 0) is 0 Å². The molecule has 6 heteroatoms. The molecule has 2 rings (SSSR count). The fraction of sp³-hybridized carbons (Fsp3) is 0.167. The van der Waals surface area contributed by atoms with Crippen molar-refractivity contribution in [1.29, 1.82) is 0 Å². The van der Waals surface area contributed by atoms with Gasteiger partial charge in [-0.1, -0.05) is 35.5 Å². The van der Waals surface area contributed by atoms with Crippen molar-refractivity contribution >= 4 is 29.2 Å². The lowest BCUT2D eigenvalue weighted by atomic mass is 10.3. The Labute approximate surface area is 115 Å². The van der Waals surface area contributed by atoms with E-state index in [0.29, 0.717) is 23.2 Å². The Morgan fingerprint density at radius 3 is 2.78 bits per heavy atom. The van der Waals surface area contributed by atoms with Crippen molar-refractivity contribution in [3.8, 4) is 5.75 Å². The largest absolute Gasteiger partial charge is 0.491 e. The minimum atomic E-state index is 0.445. The predicted octanol–water partition coefficient (Wildman–Crippen LogP) is 2.88. The second-order valence-corrected chi connectivity index (χ2v) is 4.86. The van der Waals surface area contributed by atoms with Gasteiger partial charge in [-0.3, -0.25) is 0 Å². The zero-order valence-corrected chi connectivity index (χ0v) is 11.1. The highest BCUT2D eigenvalue weighted by Gasteiger charge is 2.03. The molecule has 1 aromatic carbocycles. The van der Waals surface area contributed by atoms with E-state index in [9.17, 15) is 0 Å². The topological polar surface area (TPSA) is 61.0 Å². The number of benzene rings is 1. The fourth-order valence-corrected chi connectivity index (χ4v) is 2.19. The molecule has 94 valence electrons. The van der Waals surface area contributed by atoms with Crippen molar-refractivity contribution in [3.05, 3.63) is 41.7 Å². The zero-order valence-electron chi connectivity index (χ0n) is 9.54. The Morgan fingerprint density at radius 2 is 2.00 bits per heavy atom. The van der Waals surface area contributed by atoms with Gasteiger partial charge in [0.15, 0.2) is 5.82 Å². The van der Waals surface area contributed by atoms with Crippen LogP contribution in [0.5, 0.6) is 5.75 Å². The predicted molar refractivity (Wildman–Crippen MR) is 74.1 cm³/mol. The summed E-state index contributed by atoms with van der Waals surface area (Å²) < 4.78 is 5.56. The van der Waals surface area contributed by atoms with E-state index >= 15 is 0 Å². The van der Waals surface area contributed by atoms with Gasteiger partial charge in [0.05, 0.1) is 11.6 Å². The van der Waals surface area contributed by atoms with Crippen molar-refractivity contribution < 1.29 is 4.74 Å². The molecule has 0 spiro atoms. The monoisotopic (exact) mass is 281 g/mol. The number of halogens is 1. The van der Waals surface area contributed by atoms with Crippen LogP contribution in [0, 0.1) is 0 Å². The van der Waals surface area contributed by atoms with Crippen LogP contribution < -0.4 is 10.5 Å². The van der Waals surface area contributed by atoms with Gasteiger partial charge >= 0.3 is 0 Å². The van der Waals surface area contributed by atoms with Crippen molar-refractivity contribution in [3.63, 3.8) is 0 Å². The molecule has 4 nitrogen and oxygen atoms in total. The molecule has 0 aliphatic rings. The van der Waals surface area contributed by atoms with E-state index in [4.69, 9.17) is 22.1 Å². The molecule has 0 aliphatic heterocycles. The van der Waals surface area contributed by atoms with Crippen LogP contribution in [0.2, 0.25) is 5.02 Å². The SMILES string of the molecule is Nc1nccnc1SCCOc1ccccc1Cl. The van der Waals surface area contributed by atoms with E-state index in [1.165, 1.54) is 11.8 Å². The van der Waals surface area contributed by atoms with Crippen LogP contribution in [0.15, 0.2) is 41.7 Å². The molecule has 0 unspecified atom stereocenters. The lowest BCUT2D eigenvalue weighted by molar-refractivity contribution is 0.344. The number of para-hydroxylation sites is 1. The number of rotatable bonds is 5. The van der Waals surface area contributed by atoms with Crippen molar-refractivity contribution in [1.82, 2.24) is 9.97 Å². The fourth-order valence-electron chi connectivity index (χ4n) is 1.30. The molecule has 0 amide bonds.